The average molecular weight is 259 g/mol. The van der Waals surface area contributed by atoms with Crippen LogP contribution in [0.4, 0.5) is 0 Å². The van der Waals surface area contributed by atoms with Gasteiger partial charge in [-0.2, -0.15) is 0 Å². The Kier molecular flexibility index (Phi) is 2.54. The van der Waals surface area contributed by atoms with Crippen LogP contribution in [0.15, 0.2) is 4.73 Å². The zero-order chi connectivity index (χ0) is 10.1. The maximum atomic E-state index is 11.4. The summed E-state index contributed by atoms with van der Waals surface area (Å²) >= 11 is 3.22. The molecule has 0 saturated heterocycles. The number of nitrogens with zero attached hydrogens (tertiary/aromatic N) is 4. The first-order valence-corrected chi connectivity index (χ1v) is 5.37. The number of hydrogen-bond donors (Lipinski definition) is 0. The van der Waals surface area contributed by atoms with Gasteiger partial charge >= 0.3 is 0 Å². The predicted molar refractivity (Wildman–Crippen MR) is 53.4 cm³/mol. The maximum absolute atomic E-state index is 11.4. The van der Waals surface area contributed by atoms with Gasteiger partial charge in [-0.3, -0.25) is 4.79 Å². The molecule has 0 aromatic carbocycles. The lowest BCUT2D eigenvalue weighted by Crippen LogP contribution is -2.38. The van der Waals surface area contributed by atoms with Crippen molar-refractivity contribution in [2.45, 2.75) is 26.4 Å². The third kappa shape index (κ3) is 1.66. The molecule has 2 rings (SSSR count). The molecule has 1 aromatic rings. The summed E-state index contributed by atoms with van der Waals surface area (Å²) in [5.74, 6) is 1.03. The monoisotopic (exact) mass is 258 g/mol. The molecular weight excluding hydrogens is 248 g/mol. The van der Waals surface area contributed by atoms with Crippen molar-refractivity contribution in [3.05, 3.63) is 10.6 Å². The van der Waals surface area contributed by atoms with E-state index in [2.05, 4.69) is 26.0 Å². The molecule has 1 aliphatic rings. The van der Waals surface area contributed by atoms with E-state index >= 15 is 0 Å². The van der Waals surface area contributed by atoms with Crippen LogP contribution in [0.25, 0.3) is 0 Å². The molecule has 5 nitrogen and oxygen atoms in total. The second-order valence-electron chi connectivity index (χ2n) is 3.19. The molecule has 14 heavy (non-hydrogen) atoms. The second-order valence-corrected chi connectivity index (χ2v) is 3.90. The molecule has 0 spiro atoms. The van der Waals surface area contributed by atoms with Crippen LogP contribution >= 0.6 is 15.9 Å². The summed E-state index contributed by atoms with van der Waals surface area (Å²) in [5, 5.41) is 4.16. The standard InChI is InChI=1S/C8H11BrN4O/c1-2-7(14)12-3-4-13-6(5-12)10-8(9)11-13/h2-5H2,1H3. The molecule has 76 valence electrons. The van der Waals surface area contributed by atoms with Gasteiger partial charge in [0.05, 0.1) is 13.1 Å². The van der Waals surface area contributed by atoms with Gasteiger partial charge in [0.15, 0.2) is 0 Å². The van der Waals surface area contributed by atoms with Crippen LogP contribution in [0.2, 0.25) is 0 Å². The van der Waals surface area contributed by atoms with Crippen LogP contribution in [0.1, 0.15) is 19.2 Å². The Labute approximate surface area is 90.2 Å². The van der Waals surface area contributed by atoms with Crippen molar-refractivity contribution in [3.63, 3.8) is 0 Å². The van der Waals surface area contributed by atoms with Gasteiger partial charge in [0, 0.05) is 13.0 Å². The van der Waals surface area contributed by atoms with Gasteiger partial charge in [-0.25, -0.2) is 9.67 Å². The molecule has 0 saturated carbocycles. The smallest absolute Gasteiger partial charge is 0.222 e. The highest BCUT2D eigenvalue weighted by atomic mass is 79.9. The maximum Gasteiger partial charge on any atom is 0.222 e. The second kappa shape index (κ2) is 3.68. The highest BCUT2D eigenvalue weighted by Crippen LogP contribution is 2.13. The zero-order valence-corrected chi connectivity index (χ0v) is 9.49. The lowest BCUT2D eigenvalue weighted by atomic mass is 10.3. The topological polar surface area (TPSA) is 51.0 Å². The molecule has 2 heterocycles. The van der Waals surface area contributed by atoms with Crippen LogP contribution < -0.4 is 0 Å². The highest BCUT2D eigenvalue weighted by molar-refractivity contribution is 9.10. The predicted octanol–water partition coefficient (Wildman–Crippen LogP) is 0.793. The third-order valence-electron chi connectivity index (χ3n) is 2.29. The number of halogens is 1. The van der Waals surface area contributed by atoms with E-state index in [1.165, 1.54) is 0 Å². The van der Waals surface area contributed by atoms with Crippen molar-refractivity contribution in [1.82, 2.24) is 19.7 Å². The number of carbonyl (C=O) groups is 1. The molecule has 0 atom stereocenters. The Balaban J connectivity index is 2.16. The minimum atomic E-state index is 0.176. The number of carbonyl (C=O) groups excluding carboxylic acids is 1. The van der Waals surface area contributed by atoms with Crippen molar-refractivity contribution >= 4 is 21.8 Å². The fourth-order valence-corrected chi connectivity index (χ4v) is 1.94. The van der Waals surface area contributed by atoms with Gasteiger partial charge in [0.1, 0.15) is 5.82 Å². The van der Waals surface area contributed by atoms with Gasteiger partial charge in [-0.05, 0) is 15.9 Å². The Hall–Kier alpha value is -0.910. The van der Waals surface area contributed by atoms with Crippen LogP contribution in [0.3, 0.4) is 0 Å². The number of rotatable bonds is 1. The summed E-state index contributed by atoms with van der Waals surface area (Å²) in [4.78, 5) is 17.4. The van der Waals surface area contributed by atoms with Crippen LogP contribution in [0.5, 0.6) is 0 Å². The zero-order valence-electron chi connectivity index (χ0n) is 7.90. The minimum Gasteiger partial charge on any atom is -0.333 e. The van der Waals surface area contributed by atoms with E-state index < -0.39 is 0 Å². The molecule has 0 bridgehead atoms. The molecule has 1 aliphatic heterocycles. The number of amides is 1. The van der Waals surface area contributed by atoms with Crippen molar-refractivity contribution in [3.8, 4) is 0 Å². The molecule has 0 unspecified atom stereocenters. The normalized spacial score (nSPS) is 15.4. The van der Waals surface area contributed by atoms with E-state index in [9.17, 15) is 4.79 Å². The Morgan fingerprint density at radius 3 is 3.07 bits per heavy atom. The van der Waals surface area contributed by atoms with Crippen molar-refractivity contribution in [1.29, 1.82) is 0 Å². The van der Waals surface area contributed by atoms with Gasteiger partial charge in [-0.1, -0.05) is 6.92 Å². The molecule has 0 aliphatic carbocycles. The quantitative estimate of drug-likeness (QED) is 0.749. The largest absolute Gasteiger partial charge is 0.333 e. The van der Waals surface area contributed by atoms with Crippen molar-refractivity contribution < 1.29 is 4.79 Å². The summed E-state index contributed by atoms with van der Waals surface area (Å²) in [6.45, 7) is 3.91. The van der Waals surface area contributed by atoms with E-state index in [1.807, 2.05) is 16.5 Å². The van der Waals surface area contributed by atoms with Crippen LogP contribution in [0, 0.1) is 0 Å². The van der Waals surface area contributed by atoms with E-state index in [1.54, 1.807) is 0 Å². The first-order valence-electron chi connectivity index (χ1n) is 4.57. The van der Waals surface area contributed by atoms with Crippen molar-refractivity contribution in [2.24, 2.45) is 0 Å². The summed E-state index contributed by atoms with van der Waals surface area (Å²) in [5.41, 5.74) is 0. The molecule has 6 heteroatoms. The van der Waals surface area contributed by atoms with Crippen LogP contribution in [-0.2, 0) is 17.9 Å². The van der Waals surface area contributed by atoms with Gasteiger partial charge < -0.3 is 4.90 Å². The van der Waals surface area contributed by atoms with Gasteiger partial charge in [0.2, 0.25) is 10.6 Å². The first kappa shape index (κ1) is 9.64. The number of aromatic nitrogens is 3. The molecule has 0 radical (unpaired) electrons. The van der Waals surface area contributed by atoms with E-state index in [0.29, 0.717) is 17.7 Å². The summed E-state index contributed by atoms with van der Waals surface area (Å²) < 4.78 is 2.43. The lowest BCUT2D eigenvalue weighted by Gasteiger charge is -2.26. The molecular formula is C8H11BrN4O. The van der Waals surface area contributed by atoms with Gasteiger partial charge in [-0.15, -0.1) is 5.10 Å². The Morgan fingerprint density at radius 1 is 1.57 bits per heavy atom. The Morgan fingerprint density at radius 2 is 2.36 bits per heavy atom. The molecule has 0 fully saturated rings. The highest BCUT2D eigenvalue weighted by Gasteiger charge is 2.21. The summed E-state index contributed by atoms with van der Waals surface area (Å²) in [6.07, 6.45) is 0.551. The lowest BCUT2D eigenvalue weighted by molar-refractivity contribution is -0.132. The molecule has 1 amide bonds. The number of hydrogen-bond acceptors (Lipinski definition) is 3. The average Bonchev–Trinajstić information content (AvgIpc) is 2.55. The fourth-order valence-electron chi connectivity index (χ4n) is 1.54. The molecule has 0 N–H and O–H groups in total. The number of fused-ring (bicyclic) bond motifs is 1. The Bertz CT molecular complexity index is 362. The third-order valence-corrected chi connectivity index (χ3v) is 2.63. The van der Waals surface area contributed by atoms with E-state index in [-0.39, 0.29) is 5.91 Å². The van der Waals surface area contributed by atoms with E-state index in [4.69, 9.17) is 0 Å². The fraction of sp³-hybridized carbons (Fsp3) is 0.625. The van der Waals surface area contributed by atoms with Crippen LogP contribution in [-0.4, -0.2) is 32.1 Å². The van der Waals surface area contributed by atoms with Crippen molar-refractivity contribution in [2.75, 3.05) is 6.54 Å². The molecule has 1 aromatic heterocycles. The SMILES string of the molecule is CCC(=O)N1CCn2nc(Br)nc2C1. The summed E-state index contributed by atoms with van der Waals surface area (Å²) in [7, 11) is 0. The summed E-state index contributed by atoms with van der Waals surface area (Å²) in [6, 6.07) is 0. The van der Waals surface area contributed by atoms with Gasteiger partial charge in [0.25, 0.3) is 0 Å². The first-order chi connectivity index (χ1) is 6.70. The minimum absolute atomic E-state index is 0.176. The van der Waals surface area contributed by atoms with E-state index in [0.717, 1.165) is 18.9 Å².